The van der Waals surface area contributed by atoms with Crippen LogP contribution < -0.4 is 16.0 Å². The van der Waals surface area contributed by atoms with E-state index in [1.807, 2.05) is 18.2 Å². The summed E-state index contributed by atoms with van der Waals surface area (Å²) in [7, 11) is 3.36. The van der Waals surface area contributed by atoms with Crippen molar-refractivity contribution in [1.29, 1.82) is 0 Å². The molecule has 1 aliphatic rings. The van der Waals surface area contributed by atoms with E-state index in [-0.39, 0.29) is 11.9 Å². The molecule has 0 saturated heterocycles. The summed E-state index contributed by atoms with van der Waals surface area (Å²) in [5, 5.41) is 8.86. The quantitative estimate of drug-likeness (QED) is 0.726. The molecule has 114 valence electrons. The van der Waals surface area contributed by atoms with E-state index in [4.69, 9.17) is 0 Å². The number of urea groups is 1. The summed E-state index contributed by atoms with van der Waals surface area (Å²) in [5.74, 6) is -0.0883. The molecule has 3 amide bonds. The molecule has 1 aromatic rings. The minimum atomic E-state index is -0.162. The lowest BCUT2D eigenvalue weighted by Crippen LogP contribution is -2.39. The van der Waals surface area contributed by atoms with E-state index in [2.05, 4.69) is 16.0 Å². The Hall–Kier alpha value is -2.24. The first-order valence-corrected chi connectivity index (χ1v) is 7.18. The zero-order valence-electron chi connectivity index (χ0n) is 12.5. The van der Waals surface area contributed by atoms with Crippen LogP contribution in [0.1, 0.15) is 22.3 Å². The van der Waals surface area contributed by atoms with Gasteiger partial charge < -0.3 is 20.9 Å². The summed E-state index contributed by atoms with van der Waals surface area (Å²) in [4.78, 5) is 25.0. The Kier molecular flexibility index (Phi) is 5.03. The molecule has 0 unspecified atom stereocenters. The summed E-state index contributed by atoms with van der Waals surface area (Å²) in [6, 6.07) is 5.58. The Morgan fingerprint density at radius 3 is 2.76 bits per heavy atom. The maximum absolute atomic E-state index is 12.2. The molecular weight excluding hydrogens is 268 g/mol. The van der Waals surface area contributed by atoms with Crippen LogP contribution in [-0.2, 0) is 6.42 Å². The Labute approximate surface area is 124 Å². The van der Waals surface area contributed by atoms with Crippen LogP contribution >= 0.6 is 0 Å². The van der Waals surface area contributed by atoms with Gasteiger partial charge in [-0.2, -0.15) is 0 Å². The molecule has 0 bridgehead atoms. The van der Waals surface area contributed by atoms with Crippen molar-refractivity contribution in [2.45, 2.75) is 12.8 Å². The highest BCUT2D eigenvalue weighted by Gasteiger charge is 2.16. The second-order valence-corrected chi connectivity index (χ2v) is 5.24. The highest BCUT2D eigenvalue weighted by Crippen LogP contribution is 2.25. The van der Waals surface area contributed by atoms with Crippen molar-refractivity contribution in [3.8, 4) is 0 Å². The molecule has 0 saturated carbocycles. The largest absolute Gasteiger partial charge is 0.385 e. The van der Waals surface area contributed by atoms with E-state index in [0.29, 0.717) is 13.1 Å². The number of anilines is 1. The number of hydrogen-bond donors (Lipinski definition) is 3. The van der Waals surface area contributed by atoms with Crippen LogP contribution in [0, 0.1) is 0 Å². The van der Waals surface area contributed by atoms with Crippen molar-refractivity contribution in [1.82, 2.24) is 15.5 Å². The summed E-state index contributed by atoms with van der Waals surface area (Å²) in [6.07, 6.45) is 1.96. The van der Waals surface area contributed by atoms with E-state index >= 15 is 0 Å². The molecule has 6 nitrogen and oxygen atoms in total. The monoisotopic (exact) mass is 290 g/mol. The first-order valence-electron chi connectivity index (χ1n) is 7.18. The third-order valence-corrected chi connectivity index (χ3v) is 3.43. The first kappa shape index (κ1) is 15.2. The van der Waals surface area contributed by atoms with Gasteiger partial charge in [0.05, 0.1) is 0 Å². The lowest BCUT2D eigenvalue weighted by Gasteiger charge is -2.20. The molecule has 0 atom stereocenters. The van der Waals surface area contributed by atoms with Crippen LogP contribution in [0.3, 0.4) is 0 Å². The lowest BCUT2D eigenvalue weighted by atomic mass is 9.97. The molecule has 0 aliphatic carbocycles. The van der Waals surface area contributed by atoms with Crippen molar-refractivity contribution >= 4 is 17.6 Å². The average Bonchev–Trinajstić information content (AvgIpc) is 2.50. The van der Waals surface area contributed by atoms with Gasteiger partial charge in [-0.3, -0.25) is 4.79 Å². The van der Waals surface area contributed by atoms with E-state index in [1.165, 1.54) is 4.90 Å². The minimum absolute atomic E-state index is 0.0883. The minimum Gasteiger partial charge on any atom is -0.385 e. The van der Waals surface area contributed by atoms with Gasteiger partial charge in [-0.25, -0.2) is 4.79 Å². The maximum Gasteiger partial charge on any atom is 0.316 e. The molecule has 1 aliphatic heterocycles. The average molecular weight is 290 g/mol. The second kappa shape index (κ2) is 6.97. The van der Waals surface area contributed by atoms with Crippen LogP contribution in [-0.4, -0.2) is 50.6 Å². The molecule has 21 heavy (non-hydrogen) atoms. The van der Waals surface area contributed by atoms with Gasteiger partial charge in [0.25, 0.3) is 5.91 Å². The third kappa shape index (κ3) is 3.87. The summed E-state index contributed by atoms with van der Waals surface area (Å²) >= 11 is 0. The Bertz CT molecular complexity index is 528. The number of nitrogens with zero attached hydrogens (tertiary/aromatic N) is 1. The number of fused-ring (bicyclic) bond motifs is 1. The molecule has 1 aromatic carbocycles. The number of rotatable bonds is 4. The fourth-order valence-electron chi connectivity index (χ4n) is 2.32. The summed E-state index contributed by atoms with van der Waals surface area (Å²) in [6.45, 7) is 1.78. The first-order chi connectivity index (χ1) is 10.1. The van der Waals surface area contributed by atoms with Gasteiger partial charge in [0, 0.05) is 45.0 Å². The van der Waals surface area contributed by atoms with Crippen LogP contribution in [0.4, 0.5) is 10.5 Å². The zero-order chi connectivity index (χ0) is 15.2. The Morgan fingerprint density at radius 1 is 1.24 bits per heavy atom. The van der Waals surface area contributed by atoms with E-state index in [0.717, 1.165) is 36.2 Å². The Morgan fingerprint density at radius 2 is 2.00 bits per heavy atom. The highest BCUT2D eigenvalue weighted by atomic mass is 16.2. The van der Waals surface area contributed by atoms with Crippen LogP contribution in [0.2, 0.25) is 0 Å². The highest BCUT2D eigenvalue weighted by molar-refractivity contribution is 5.97. The van der Waals surface area contributed by atoms with Gasteiger partial charge in [-0.15, -0.1) is 0 Å². The van der Waals surface area contributed by atoms with Crippen molar-refractivity contribution in [2.75, 3.05) is 39.0 Å². The molecule has 2 rings (SSSR count). The van der Waals surface area contributed by atoms with Crippen molar-refractivity contribution in [3.63, 3.8) is 0 Å². The predicted octanol–water partition coefficient (Wildman–Crippen LogP) is 1.05. The molecule has 1 heterocycles. The fourth-order valence-corrected chi connectivity index (χ4v) is 2.32. The number of carbonyl (C=O) groups is 2. The van der Waals surface area contributed by atoms with Gasteiger partial charge >= 0.3 is 6.03 Å². The zero-order valence-corrected chi connectivity index (χ0v) is 12.5. The summed E-state index contributed by atoms with van der Waals surface area (Å²) < 4.78 is 0. The molecule has 0 fully saturated rings. The van der Waals surface area contributed by atoms with Gasteiger partial charge in [-0.1, -0.05) is 6.07 Å². The van der Waals surface area contributed by atoms with Gasteiger partial charge in [0.2, 0.25) is 0 Å². The normalized spacial score (nSPS) is 12.9. The molecule has 0 radical (unpaired) electrons. The molecule has 0 aromatic heterocycles. The second-order valence-electron chi connectivity index (χ2n) is 5.24. The van der Waals surface area contributed by atoms with Gasteiger partial charge in [-0.05, 0) is 30.5 Å². The maximum atomic E-state index is 12.2. The number of carbonyl (C=O) groups excluding carboxylic acids is 2. The standard InChI is InChI=1S/C15H22N4O2/c1-19(2)15(21)18-10-9-17-14(20)12-5-3-7-13-11(12)6-4-8-16-13/h3,5,7,16H,4,6,8-10H2,1-2H3,(H,17,20)(H,18,21). The number of hydrogen-bond acceptors (Lipinski definition) is 3. The van der Waals surface area contributed by atoms with Crippen LogP contribution in [0.25, 0.3) is 0 Å². The Balaban J connectivity index is 1.88. The number of benzene rings is 1. The smallest absolute Gasteiger partial charge is 0.316 e. The molecular formula is C15H22N4O2. The van der Waals surface area contributed by atoms with E-state index in [9.17, 15) is 9.59 Å². The van der Waals surface area contributed by atoms with Crippen LogP contribution in [0.5, 0.6) is 0 Å². The van der Waals surface area contributed by atoms with E-state index < -0.39 is 0 Å². The molecule has 3 N–H and O–H groups in total. The van der Waals surface area contributed by atoms with Crippen molar-refractivity contribution < 1.29 is 9.59 Å². The van der Waals surface area contributed by atoms with Crippen LogP contribution in [0.15, 0.2) is 18.2 Å². The topological polar surface area (TPSA) is 73.5 Å². The SMILES string of the molecule is CN(C)C(=O)NCCNC(=O)c1cccc2c1CCCN2. The number of amides is 3. The van der Waals surface area contributed by atoms with Crippen molar-refractivity contribution in [3.05, 3.63) is 29.3 Å². The molecule has 0 spiro atoms. The number of nitrogens with one attached hydrogen (secondary N) is 3. The predicted molar refractivity (Wildman–Crippen MR) is 82.7 cm³/mol. The fraction of sp³-hybridized carbons (Fsp3) is 0.467. The lowest BCUT2D eigenvalue weighted by molar-refractivity contribution is 0.0952. The van der Waals surface area contributed by atoms with E-state index in [1.54, 1.807) is 14.1 Å². The van der Waals surface area contributed by atoms with Crippen molar-refractivity contribution in [2.24, 2.45) is 0 Å². The van der Waals surface area contributed by atoms with Gasteiger partial charge in [0.15, 0.2) is 0 Å². The summed E-state index contributed by atoms with van der Waals surface area (Å²) in [5.41, 5.74) is 2.85. The third-order valence-electron chi connectivity index (χ3n) is 3.43. The molecule has 6 heteroatoms. The van der Waals surface area contributed by atoms with Gasteiger partial charge in [0.1, 0.15) is 0 Å².